The standard InChI is InChI=1S/C15H16BrNO2/c1-19-15-7-2-10(8-13(15)16)9-14(18)11-3-5-12(17)6-4-11/h2-8,14,18H,9,17H2,1H3. The maximum Gasteiger partial charge on any atom is 0.133 e. The summed E-state index contributed by atoms with van der Waals surface area (Å²) in [6.07, 6.45) is 0.00729. The van der Waals surface area contributed by atoms with Gasteiger partial charge in [-0.05, 0) is 51.3 Å². The highest BCUT2D eigenvalue weighted by atomic mass is 79.9. The van der Waals surface area contributed by atoms with Crippen LogP contribution in [0.15, 0.2) is 46.9 Å². The summed E-state index contributed by atoms with van der Waals surface area (Å²) in [5.41, 5.74) is 8.23. The average molecular weight is 322 g/mol. The smallest absolute Gasteiger partial charge is 0.133 e. The van der Waals surface area contributed by atoms with E-state index in [0.717, 1.165) is 21.3 Å². The monoisotopic (exact) mass is 321 g/mol. The van der Waals surface area contributed by atoms with E-state index in [4.69, 9.17) is 10.5 Å². The van der Waals surface area contributed by atoms with E-state index in [2.05, 4.69) is 15.9 Å². The zero-order valence-electron chi connectivity index (χ0n) is 10.6. The summed E-state index contributed by atoms with van der Waals surface area (Å²) >= 11 is 3.44. The van der Waals surface area contributed by atoms with Gasteiger partial charge in [-0.1, -0.05) is 18.2 Å². The molecule has 0 bridgehead atoms. The van der Waals surface area contributed by atoms with Gasteiger partial charge in [-0.15, -0.1) is 0 Å². The number of aliphatic hydroxyl groups is 1. The predicted molar refractivity (Wildman–Crippen MR) is 80.2 cm³/mol. The Morgan fingerprint density at radius 3 is 2.47 bits per heavy atom. The molecule has 1 unspecified atom stereocenters. The van der Waals surface area contributed by atoms with Gasteiger partial charge < -0.3 is 15.6 Å². The van der Waals surface area contributed by atoms with Crippen LogP contribution in [0.1, 0.15) is 17.2 Å². The van der Waals surface area contributed by atoms with Crippen molar-refractivity contribution in [3.8, 4) is 5.75 Å². The summed E-state index contributed by atoms with van der Waals surface area (Å²) in [7, 11) is 1.63. The quantitative estimate of drug-likeness (QED) is 0.849. The molecule has 3 nitrogen and oxygen atoms in total. The van der Waals surface area contributed by atoms with E-state index < -0.39 is 6.10 Å². The highest BCUT2D eigenvalue weighted by Crippen LogP contribution is 2.28. The van der Waals surface area contributed by atoms with Crippen LogP contribution in [-0.4, -0.2) is 12.2 Å². The number of rotatable bonds is 4. The van der Waals surface area contributed by atoms with Crippen molar-refractivity contribution >= 4 is 21.6 Å². The van der Waals surface area contributed by atoms with E-state index in [1.165, 1.54) is 0 Å². The molecule has 0 saturated carbocycles. The van der Waals surface area contributed by atoms with Crippen LogP contribution >= 0.6 is 15.9 Å². The van der Waals surface area contributed by atoms with E-state index in [1.807, 2.05) is 30.3 Å². The lowest BCUT2D eigenvalue weighted by atomic mass is 10.0. The molecule has 2 rings (SSSR count). The van der Waals surface area contributed by atoms with Gasteiger partial charge in [0.1, 0.15) is 5.75 Å². The molecule has 3 N–H and O–H groups in total. The van der Waals surface area contributed by atoms with Crippen LogP contribution in [0.3, 0.4) is 0 Å². The fourth-order valence-corrected chi connectivity index (χ4v) is 2.48. The highest BCUT2D eigenvalue weighted by Gasteiger charge is 2.10. The highest BCUT2D eigenvalue weighted by molar-refractivity contribution is 9.10. The molecular weight excluding hydrogens is 306 g/mol. The van der Waals surface area contributed by atoms with Crippen molar-refractivity contribution < 1.29 is 9.84 Å². The minimum atomic E-state index is -0.541. The van der Waals surface area contributed by atoms with Gasteiger partial charge in [0.2, 0.25) is 0 Å². The van der Waals surface area contributed by atoms with Crippen LogP contribution in [0.4, 0.5) is 5.69 Å². The molecule has 0 heterocycles. The number of nitrogen functional groups attached to an aromatic ring is 1. The molecule has 0 radical (unpaired) electrons. The topological polar surface area (TPSA) is 55.5 Å². The lowest BCUT2D eigenvalue weighted by Crippen LogP contribution is -2.02. The van der Waals surface area contributed by atoms with Crippen LogP contribution < -0.4 is 10.5 Å². The molecule has 0 saturated heterocycles. The second kappa shape index (κ2) is 6.08. The Kier molecular flexibility index (Phi) is 4.45. The van der Waals surface area contributed by atoms with Crippen molar-refractivity contribution in [3.05, 3.63) is 58.1 Å². The summed E-state index contributed by atoms with van der Waals surface area (Å²) in [6.45, 7) is 0. The van der Waals surface area contributed by atoms with Crippen molar-refractivity contribution in [1.82, 2.24) is 0 Å². The summed E-state index contributed by atoms with van der Waals surface area (Å²) in [6, 6.07) is 13.1. The van der Waals surface area contributed by atoms with E-state index in [1.54, 1.807) is 19.2 Å². The zero-order chi connectivity index (χ0) is 13.8. The van der Waals surface area contributed by atoms with Crippen molar-refractivity contribution in [2.24, 2.45) is 0 Å². The number of anilines is 1. The molecule has 0 aliphatic rings. The number of hydrogen-bond donors (Lipinski definition) is 2. The van der Waals surface area contributed by atoms with Crippen LogP contribution in [0, 0.1) is 0 Å². The van der Waals surface area contributed by atoms with Crippen LogP contribution in [-0.2, 0) is 6.42 Å². The van der Waals surface area contributed by atoms with Crippen molar-refractivity contribution in [2.75, 3.05) is 12.8 Å². The van der Waals surface area contributed by atoms with Crippen LogP contribution in [0.5, 0.6) is 5.75 Å². The molecule has 0 aliphatic carbocycles. The molecule has 2 aromatic carbocycles. The molecule has 0 amide bonds. The number of methoxy groups -OCH3 is 1. The number of benzene rings is 2. The van der Waals surface area contributed by atoms with Crippen LogP contribution in [0.2, 0.25) is 0 Å². The third kappa shape index (κ3) is 3.49. The SMILES string of the molecule is COc1ccc(CC(O)c2ccc(N)cc2)cc1Br. The first-order valence-corrected chi connectivity index (χ1v) is 6.75. The van der Waals surface area contributed by atoms with E-state index >= 15 is 0 Å². The van der Waals surface area contributed by atoms with Gasteiger partial charge in [0.05, 0.1) is 17.7 Å². The second-order valence-electron chi connectivity index (χ2n) is 4.36. The molecule has 2 aromatic rings. The fourth-order valence-electron chi connectivity index (χ4n) is 1.90. The van der Waals surface area contributed by atoms with Gasteiger partial charge >= 0.3 is 0 Å². The van der Waals surface area contributed by atoms with E-state index in [0.29, 0.717) is 12.1 Å². The first-order valence-electron chi connectivity index (χ1n) is 5.96. The van der Waals surface area contributed by atoms with Crippen LogP contribution in [0.25, 0.3) is 0 Å². The first-order chi connectivity index (χ1) is 9.10. The third-order valence-corrected chi connectivity index (χ3v) is 3.59. The zero-order valence-corrected chi connectivity index (χ0v) is 12.2. The molecule has 4 heteroatoms. The lowest BCUT2D eigenvalue weighted by Gasteiger charge is -2.12. The Bertz CT molecular complexity index is 555. The summed E-state index contributed by atoms with van der Waals surface area (Å²) < 4.78 is 6.07. The molecule has 0 aromatic heterocycles. The van der Waals surface area contributed by atoms with Gasteiger partial charge in [-0.25, -0.2) is 0 Å². The average Bonchev–Trinajstić information content (AvgIpc) is 2.39. The Morgan fingerprint density at radius 1 is 1.21 bits per heavy atom. The van der Waals surface area contributed by atoms with Crippen molar-refractivity contribution in [2.45, 2.75) is 12.5 Å². The normalized spacial score (nSPS) is 12.2. The minimum Gasteiger partial charge on any atom is -0.496 e. The lowest BCUT2D eigenvalue weighted by molar-refractivity contribution is 0.178. The summed E-state index contributed by atoms with van der Waals surface area (Å²) in [4.78, 5) is 0. The minimum absolute atomic E-state index is 0.541. The molecule has 0 aliphatic heterocycles. The van der Waals surface area contributed by atoms with Gasteiger partial charge in [0.15, 0.2) is 0 Å². The van der Waals surface area contributed by atoms with Gasteiger partial charge in [0.25, 0.3) is 0 Å². The Balaban J connectivity index is 2.12. The Hall–Kier alpha value is -1.52. The largest absolute Gasteiger partial charge is 0.496 e. The maximum atomic E-state index is 10.2. The van der Waals surface area contributed by atoms with Gasteiger partial charge in [-0.3, -0.25) is 0 Å². The molecule has 100 valence electrons. The Morgan fingerprint density at radius 2 is 1.89 bits per heavy atom. The molecular formula is C15H16BrNO2. The number of ether oxygens (including phenoxy) is 1. The van der Waals surface area contributed by atoms with E-state index in [-0.39, 0.29) is 0 Å². The van der Waals surface area contributed by atoms with Gasteiger partial charge in [0, 0.05) is 12.1 Å². The number of hydrogen-bond acceptors (Lipinski definition) is 3. The molecule has 1 atom stereocenters. The maximum absolute atomic E-state index is 10.2. The fraction of sp³-hybridized carbons (Fsp3) is 0.200. The molecule has 19 heavy (non-hydrogen) atoms. The summed E-state index contributed by atoms with van der Waals surface area (Å²) in [5.74, 6) is 0.783. The first kappa shape index (κ1) is 13.9. The second-order valence-corrected chi connectivity index (χ2v) is 5.21. The summed E-state index contributed by atoms with van der Waals surface area (Å²) in [5, 5.41) is 10.2. The van der Waals surface area contributed by atoms with Gasteiger partial charge in [-0.2, -0.15) is 0 Å². The number of aliphatic hydroxyl groups excluding tert-OH is 1. The molecule has 0 fully saturated rings. The number of nitrogens with two attached hydrogens (primary N) is 1. The van der Waals surface area contributed by atoms with Crippen molar-refractivity contribution in [3.63, 3.8) is 0 Å². The molecule has 0 spiro atoms. The predicted octanol–water partition coefficient (Wildman–Crippen LogP) is 3.32. The Labute approximate surface area is 121 Å². The third-order valence-electron chi connectivity index (χ3n) is 2.97. The van der Waals surface area contributed by atoms with Crippen molar-refractivity contribution in [1.29, 1.82) is 0 Å². The van der Waals surface area contributed by atoms with E-state index in [9.17, 15) is 5.11 Å². The number of halogens is 1.